The number of hydrogen-bond donors (Lipinski definition) is 0. The van der Waals surface area contributed by atoms with Crippen LogP contribution in [0, 0.1) is 5.92 Å². The van der Waals surface area contributed by atoms with E-state index in [2.05, 4.69) is 4.98 Å². The number of fused-ring (bicyclic) bond motifs is 1. The summed E-state index contributed by atoms with van der Waals surface area (Å²) in [7, 11) is 0. The molecule has 0 bridgehead atoms. The highest BCUT2D eigenvalue weighted by molar-refractivity contribution is 5.94. The van der Waals surface area contributed by atoms with Crippen molar-refractivity contribution in [3.05, 3.63) is 30.1 Å². The van der Waals surface area contributed by atoms with Crippen molar-refractivity contribution in [3.8, 4) is 0 Å². The molecule has 2 aromatic rings. The monoisotopic (exact) mass is 272 g/mol. The predicted molar refractivity (Wildman–Crippen MR) is 77.6 cm³/mol. The van der Waals surface area contributed by atoms with Crippen molar-refractivity contribution in [2.75, 3.05) is 0 Å². The molecule has 20 heavy (non-hydrogen) atoms. The van der Waals surface area contributed by atoms with Crippen LogP contribution in [0.25, 0.3) is 11.0 Å². The Hall–Kier alpha value is -1.84. The van der Waals surface area contributed by atoms with Gasteiger partial charge in [0.15, 0.2) is 0 Å². The van der Waals surface area contributed by atoms with Crippen molar-refractivity contribution in [2.45, 2.75) is 45.8 Å². The lowest BCUT2D eigenvalue weighted by molar-refractivity contribution is 0.00578. The van der Waals surface area contributed by atoms with Crippen LogP contribution >= 0.6 is 0 Å². The highest BCUT2D eigenvalue weighted by Gasteiger charge is 2.27. The molecule has 0 N–H and O–H groups in total. The molecule has 106 valence electrons. The molecule has 0 unspecified atom stereocenters. The number of carbonyl (C=O) groups excluding carboxylic acids is 1. The fraction of sp³-hybridized carbons (Fsp3) is 0.500. The lowest BCUT2D eigenvalue weighted by Gasteiger charge is -2.20. The Morgan fingerprint density at radius 1 is 1.45 bits per heavy atom. The molecule has 1 fully saturated rings. The van der Waals surface area contributed by atoms with Crippen molar-refractivity contribution in [1.29, 1.82) is 0 Å². The van der Waals surface area contributed by atoms with Gasteiger partial charge >= 0.3 is 5.97 Å². The van der Waals surface area contributed by atoms with E-state index in [9.17, 15) is 4.79 Å². The maximum Gasteiger partial charge on any atom is 0.355 e. The fourth-order valence-electron chi connectivity index (χ4n) is 2.33. The molecule has 1 saturated carbocycles. The molecule has 1 aliphatic rings. The molecule has 0 aliphatic heterocycles. The standard InChI is InChI=1S/C16H20N2O2/c1-16(2,3)20-15(19)13-9-12-5-4-8-17-14(12)18(13)10-11-6-7-11/h4-5,8-9,11H,6-7,10H2,1-3H3. The lowest BCUT2D eigenvalue weighted by Crippen LogP contribution is -2.25. The molecule has 0 saturated heterocycles. The summed E-state index contributed by atoms with van der Waals surface area (Å²) in [6.45, 7) is 6.51. The molecule has 4 nitrogen and oxygen atoms in total. The van der Waals surface area contributed by atoms with Crippen molar-refractivity contribution >= 4 is 17.0 Å². The molecule has 0 aromatic carbocycles. The maximum absolute atomic E-state index is 12.4. The highest BCUT2D eigenvalue weighted by Crippen LogP contribution is 2.33. The summed E-state index contributed by atoms with van der Waals surface area (Å²) in [4.78, 5) is 16.8. The number of ether oxygens (including phenoxy) is 1. The number of rotatable bonds is 3. The molecule has 0 amide bonds. The third-order valence-corrected chi connectivity index (χ3v) is 3.40. The summed E-state index contributed by atoms with van der Waals surface area (Å²) in [5.74, 6) is 0.407. The van der Waals surface area contributed by atoms with Gasteiger partial charge < -0.3 is 9.30 Å². The predicted octanol–water partition coefficient (Wildman–Crippen LogP) is 3.40. The van der Waals surface area contributed by atoms with Crippen LogP contribution in [0.3, 0.4) is 0 Å². The molecule has 3 rings (SSSR count). The smallest absolute Gasteiger partial charge is 0.355 e. The van der Waals surface area contributed by atoms with E-state index in [0.717, 1.165) is 17.6 Å². The van der Waals surface area contributed by atoms with E-state index in [-0.39, 0.29) is 5.97 Å². The first-order valence-corrected chi connectivity index (χ1v) is 7.12. The molecule has 2 heterocycles. The minimum Gasteiger partial charge on any atom is -0.455 e. The summed E-state index contributed by atoms with van der Waals surface area (Å²) >= 11 is 0. The Bertz CT molecular complexity index is 648. The van der Waals surface area contributed by atoms with Crippen LogP contribution in [-0.2, 0) is 11.3 Å². The van der Waals surface area contributed by atoms with Crippen molar-refractivity contribution in [2.24, 2.45) is 5.92 Å². The molecule has 4 heteroatoms. The van der Waals surface area contributed by atoms with Gasteiger partial charge in [-0.2, -0.15) is 0 Å². The molecule has 0 atom stereocenters. The zero-order valence-electron chi connectivity index (χ0n) is 12.2. The van der Waals surface area contributed by atoms with Gasteiger partial charge in [-0.3, -0.25) is 0 Å². The number of aromatic nitrogens is 2. The highest BCUT2D eigenvalue weighted by atomic mass is 16.6. The summed E-state index contributed by atoms with van der Waals surface area (Å²) in [5.41, 5.74) is 1.01. The van der Waals surface area contributed by atoms with E-state index in [0.29, 0.717) is 11.6 Å². The van der Waals surface area contributed by atoms with E-state index in [1.807, 2.05) is 43.5 Å². The van der Waals surface area contributed by atoms with Gasteiger partial charge in [0, 0.05) is 18.1 Å². The van der Waals surface area contributed by atoms with Crippen LogP contribution in [0.4, 0.5) is 0 Å². The minimum absolute atomic E-state index is 0.267. The Morgan fingerprint density at radius 3 is 2.85 bits per heavy atom. The van der Waals surface area contributed by atoms with Gasteiger partial charge in [0.25, 0.3) is 0 Å². The largest absolute Gasteiger partial charge is 0.455 e. The summed E-state index contributed by atoms with van der Waals surface area (Å²) < 4.78 is 7.52. The van der Waals surface area contributed by atoms with Crippen LogP contribution in [0.5, 0.6) is 0 Å². The second-order valence-electron chi connectivity index (χ2n) is 6.50. The van der Waals surface area contributed by atoms with Gasteiger partial charge in [0.1, 0.15) is 16.9 Å². The van der Waals surface area contributed by atoms with E-state index in [4.69, 9.17) is 4.74 Å². The number of hydrogen-bond acceptors (Lipinski definition) is 3. The topological polar surface area (TPSA) is 44.1 Å². The van der Waals surface area contributed by atoms with E-state index in [1.165, 1.54) is 12.8 Å². The SMILES string of the molecule is CC(C)(C)OC(=O)c1cc2cccnc2n1CC1CC1. The second kappa shape index (κ2) is 4.62. The maximum atomic E-state index is 12.4. The van der Waals surface area contributed by atoms with Crippen LogP contribution < -0.4 is 0 Å². The average Bonchev–Trinajstić information content (AvgIpc) is 3.08. The van der Waals surface area contributed by atoms with E-state index in [1.54, 1.807) is 6.20 Å². The van der Waals surface area contributed by atoms with E-state index >= 15 is 0 Å². The van der Waals surface area contributed by atoms with Crippen molar-refractivity contribution in [1.82, 2.24) is 9.55 Å². The molecule has 2 aromatic heterocycles. The van der Waals surface area contributed by atoms with Crippen LogP contribution in [0.1, 0.15) is 44.1 Å². The Kier molecular flexibility index (Phi) is 3.04. The van der Waals surface area contributed by atoms with Crippen LogP contribution in [0.2, 0.25) is 0 Å². The van der Waals surface area contributed by atoms with Crippen molar-refractivity contribution in [3.63, 3.8) is 0 Å². The van der Waals surface area contributed by atoms with Crippen molar-refractivity contribution < 1.29 is 9.53 Å². The quantitative estimate of drug-likeness (QED) is 0.804. The zero-order chi connectivity index (χ0) is 14.3. The molecule has 1 aliphatic carbocycles. The number of nitrogens with zero attached hydrogens (tertiary/aromatic N) is 2. The van der Waals surface area contributed by atoms with E-state index < -0.39 is 5.60 Å². The molecule has 0 spiro atoms. The first-order chi connectivity index (χ1) is 9.44. The first kappa shape index (κ1) is 13.2. The Balaban J connectivity index is 2.01. The Labute approximate surface area is 118 Å². The average molecular weight is 272 g/mol. The summed E-state index contributed by atoms with van der Waals surface area (Å²) in [5, 5.41) is 0.994. The number of pyridine rings is 1. The summed E-state index contributed by atoms with van der Waals surface area (Å²) in [6, 6.07) is 5.76. The third-order valence-electron chi connectivity index (χ3n) is 3.40. The molecule has 0 radical (unpaired) electrons. The van der Waals surface area contributed by atoms with Gasteiger partial charge in [-0.15, -0.1) is 0 Å². The van der Waals surface area contributed by atoms with Gasteiger partial charge in [0.2, 0.25) is 0 Å². The molecular weight excluding hydrogens is 252 g/mol. The second-order valence-corrected chi connectivity index (χ2v) is 6.50. The number of esters is 1. The Morgan fingerprint density at radius 2 is 2.20 bits per heavy atom. The van der Waals surface area contributed by atoms with Gasteiger partial charge in [0.05, 0.1) is 0 Å². The van der Waals surface area contributed by atoms with Crippen LogP contribution in [0.15, 0.2) is 24.4 Å². The van der Waals surface area contributed by atoms with Crippen LogP contribution in [-0.4, -0.2) is 21.1 Å². The third kappa shape index (κ3) is 2.69. The lowest BCUT2D eigenvalue weighted by atomic mass is 10.2. The van der Waals surface area contributed by atoms with Gasteiger partial charge in [-0.1, -0.05) is 0 Å². The fourth-order valence-corrected chi connectivity index (χ4v) is 2.33. The number of carbonyl (C=O) groups is 1. The van der Waals surface area contributed by atoms with Gasteiger partial charge in [-0.05, 0) is 57.7 Å². The molecular formula is C16H20N2O2. The normalized spacial score (nSPS) is 15.6. The first-order valence-electron chi connectivity index (χ1n) is 7.12. The zero-order valence-corrected chi connectivity index (χ0v) is 12.2. The minimum atomic E-state index is -0.481. The summed E-state index contributed by atoms with van der Waals surface area (Å²) in [6.07, 6.45) is 4.24. The van der Waals surface area contributed by atoms with Gasteiger partial charge in [-0.25, -0.2) is 9.78 Å².